The minimum atomic E-state index is -0.439. The fraction of sp³-hybridized carbons (Fsp3) is 0.318. The third-order valence-corrected chi connectivity index (χ3v) is 5.43. The summed E-state index contributed by atoms with van der Waals surface area (Å²) >= 11 is 1.36. The molecule has 0 spiro atoms. The molecule has 0 bridgehead atoms. The molecular weight excluding hydrogens is 404 g/mol. The Hall–Kier alpha value is -3.13. The van der Waals surface area contributed by atoms with Gasteiger partial charge in [-0.05, 0) is 55.3 Å². The molecule has 3 rings (SSSR count). The lowest BCUT2D eigenvalue weighted by Gasteiger charge is -2.06. The highest BCUT2D eigenvalue weighted by atomic mass is 32.1. The summed E-state index contributed by atoms with van der Waals surface area (Å²) in [5.74, 6) is 0.434. The molecule has 0 N–H and O–H groups in total. The van der Waals surface area contributed by atoms with Crippen molar-refractivity contribution in [2.75, 3.05) is 20.3 Å². The first-order valence-corrected chi connectivity index (χ1v) is 10.5. The molecule has 0 saturated heterocycles. The Morgan fingerprint density at radius 3 is 2.47 bits per heavy atom. The van der Waals surface area contributed by atoms with Crippen molar-refractivity contribution in [2.45, 2.75) is 26.8 Å². The van der Waals surface area contributed by atoms with Crippen molar-refractivity contribution in [1.29, 1.82) is 0 Å². The van der Waals surface area contributed by atoms with Crippen LogP contribution in [-0.4, -0.2) is 36.8 Å². The van der Waals surface area contributed by atoms with Crippen LogP contribution < -0.4 is 14.3 Å². The van der Waals surface area contributed by atoms with Crippen molar-refractivity contribution in [3.8, 4) is 11.5 Å². The summed E-state index contributed by atoms with van der Waals surface area (Å²) in [6, 6.07) is 13.0. The lowest BCUT2D eigenvalue weighted by Crippen LogP contribution is -2.24. The van der Waals surface area contributed by atoms with Gasteiger partial charge in [0, 0.05) is 0 Å². The highest BCUT2D eigenvalue weighted by Gasteiger charge is 2.13. The van der Waals surface area contributed by atoms with Crippen LogP contribution in [0.1, 0.15) is 19.4 Å². The van der Waals surface area contributed by atoms with Crippen molar-refractivity contribution in [1.82, 2.24) is 4.57 Å². The molecule has 0 saturated carbocycles. The fourth-order valence-electron chi connectivity index (χ4n) is 2.87. The molecule has 158 valence electrons. The summed E-state index contributed by atoms with van der Waals surface area (Å²) in [7, 11) is 1.58. The Kier molecular flexibility index (Phi) is 7.24. The van der Waals surface area contributed by atoms with Crippen LogP contribution in [0.4, 0.5) is 0 Å². The van der Waals surface area contributed by atoms with E-state index >= 15 is 0 Å². The number of aromatic nitrogens is 1. The van der Waals surface area contributed by atoms with Crippen LogP contribution in [0.2, 0.25) is 0 Å². The number of nitrogens with zero attached hydrogens (tertiary/aromatic N) is 2. The summed E-state index contributed by atoms with van der Waals surface area (Å²) in [5, 5.41) is 0. The van der Waals surface area contributed by atoms with Gasteiger partial charge in [-0.15, -0.1) is 0 Å². The minimum Gasteiger partial charge on any atom is -0.497 e. The SMILES string of the molecule is CCOC(=O)Cn1c(=NC(=O)COc2ccc(OC)cc2)sc2cc(CC)ccc21. The number of amides is 1. The molecule has 7 nitrogen and oxygen atoms in total. The van der Waals surface area contributed by atoms with Crippen LogP contribution in [0.5, 0.6) is 11.5 Å². The number of hydrogen-bond acceptors (Lipinski definition) is 6. The molecular formula is C22H24N2O5S. The highest BCUT2D eigenvalue weighted by molar-refractivity contribution is 7.16. The zero-order valence-electron chi connectivity index (χ0n) is 17.2. The number of esters is 1. The first kappa shape index (κ1) is 21.6. The predicted molar refractivity (Wildman–Crippen MR) is 115 cm³/mol. The number of methoxy groups -OCH3 is 1. The molecule has 0 unspecified atom stereocenters. The second kappa shape index (κ2) is 10.1. The van der Waals surface area contributed by atoms with Crippen molar-refractivity contribution < 1.29 is 23.8 Å². The van der Waals surface area contributed by atoms with E-state index in [0.29, 0.717) is 22.9 Å². The molecule has 0 atom stereocenters. The van der Waals surface area contributed by atoms with Crippen LogP contribution in [-0.2, 0) is 27.3 Å². The van der Waals surface area contributed by atoms with Crippen LogP contribution >= 0.6 is 11.3 Å². The van der Waals surface area contributed by atoms with Gasteiger partial charge >= 0.3 is 5.97 Å². The van der Waals surface area contributed by atoms with E-state index in [2.05, 4.69) is 18.0 Å². The fourth-order valence-corrected chi connectivity index (χ4v) is 3.98. The second-order valence-electron chi connectivity index (χ2n) is 6.40. The minimum absolute atomic E-state index is 0.00916. The van der Waals surface area contributed by atoms with Crippen LogP contribution in [0.25, 0.3) is 10.2 Å². The molecule has 0 fully saturated rings. The molecule has 1 aromatic heterocycles. The van der Waals surface area contributed by atoms with Gasteiger partial charge in [0.2, 0.25) is 0 Å². The molecule has 8 heteroatoms. The molecule has 0 aliphatic rings. The van der Waals surface area contributed by atoms with Gasteiger partial charge in [-0.25, -0.2) is 0 Å². The molecule has 3 aromatic rings. The van der Waals surface area contributed by atoms with E-state index in [4.69, 9.17) is 14.2 Å². The normalized spacial score (nSPS) is 11.5. The number of ether oxygens (including phenoxy) is 3. The third kappa shape index (κ3) is 5.27. The van der Waals surface area contributed by atoms with Gasteiger partial charge in [-0.1, -0.05) is 24.3 Å². The Morgan fingerprint density at radius 1 is 1.07 bits per heavy atom. The van der Waals surface area contributed by atoms with E-state index in [1.165, 1.54) is 16.9 Å². The number of benzene rings is 2. The number of carbonyl (C=O) groups is 2. The van der Waals surface area contributed by atoms with Gasteiger partial charge in [0.05, 0.1) is 23.9 Å². The lowest BCUT2D eigenvalue weighted by molar-refractivity contribution is -0.143. The van der Waals surface area contributed by atoms with E-state index < -0.39 is 5.91 Å². The number of carbonyl (C=O) groups excluding carboxylic acids is 2. The van der Waals surface area contributed by atoms with Crippen LogP contribution in [0, 0.1) is 0 Å². The molecule has 0 aliphatic carbocycles. The Labute approximate surface area is 178 Å². The standard InChI is InChI=1S/C22H24N2O5S/c1-4-15-6-11-18-19(12-15)30-22(24(18)13-21(26)28-5-2)23-20(25)14-29-17-9-7-16(27-3)8-10-17/h6-12H,4-5,13-14H2,1-3H3. The maximum absolute atomic E-state index is 12.4. The topological polar surface area (TPSA) is 79.1 Å². The Bertz CT molecular complexity index is 1100. The van der Waals surface area contributed by atoms with E-state index in [9.17, 15) is 9.59 Å². The first-order valence-electron chi connectivity index (χ1n) is 9.66. The quantitative estimate of drug-likeness (QED) is 0.514. The van der Waals surface area contributed by atoms with Crippen molar-refractivity contribution in [3.05, 3.63) is 52.8 Å². The van der Waals surface area contributed by atoms with E-state index in [-0.39, 0.29) is 19.1 Å². The zero-order chi connectivity index (χ0) is 21.5. The summed E-state index contributed by atoms with van der Waals surface area (Å²) in [5.41, 5.74) is 2.01. The van der Waals surface area contributed by atoms with Gasteiger partial charge in [-0.2, -0.15) is 4.99 Å². The molecule has 30 heavy (non-hydrogen) atoms. The van der Waals surface area contributed by atoms with Crippen molar-refractivity contribution >= 4 is 33.4 Å². The van der Waals surface area contributed by atoms with Gasteiger partial charge < -0.3 is 18.8 Å². The summed E-state index contributed by atoms with van der Waals surface area (Å²) < 4.78 is 18.4. The maximum atomic E-state index is 12.4. The Balaban J connectivity index is 1.86. The number of fused-ring (bicyclic) bond motifs is 1. The van der Waals surface area contributed by atoms with Crippen molar-refractivity contribution in [3.63, 3.8) is 0 Å². The van der Waals surface area contributed by atoms with E-state index in [0.717, 1.165) is 16.6 Å². The molecule has 1 heterocycles. The average molecular weight is 429 g/mol. The lowest BCUT2D eigenvalue weighted by atomic mass is 10.2. The summed E-state index contributed by atoms with van der Waals surface area (Å²) in [6.07, 6.45) is 0.896. The average Bonchev–Trinajstić information content (AvgIpc) is 3.08. The number of hydrogen-bond donors (Lipinski definition) is 0. The third-order valence-electron chi connectivity index (χ3n) is 4.39. The van der Waals surface area contributed by atoms with Crippen LogP contribution in [0.15, 0.2) is 47.5 Å². The van der Waals surface area contributed by atoms with Gasteiger partial charge in [0.15, 0.2) is 11.4 Å². The predicted octanol–water partition coefficient (Wildman–Crippen LogP) is 3.34. The van der Waals surface area contributed by atoms with E-state index in [1.807, 2.05) is 12.1 Å². The van der Waals surface area contributed by atoms with Crippen molar-refractivity contribution in [2.24, 2.45) is 4.99 Å². The monoisotopic (exact) mass is 428 g/mol. The second-order valence-corrected chi connectivity index (χ2v) is 7.41. The summed E-state index contributed by atoms with van der Waals surface area (Å²) in [4.78, 5) is 29.1. The zero-order valence-corrected chi connectivity index (χ0v) is 18.0. The van der Waals surface area contributed by atoms with Gasteiger partial charge in [0.25, 0.3) is 5.91 Å². The first-order chi connectivity index (χ1) is 14.5. The number of aryl methyl sites for hydroxylation is 1. The molecule has 0 radical (unpaired) electrons. The number of rotatable bonds is 8. The smallest absolute Gasteiger partial charge is 0.326 e. The van der Waals surface area contributed by atoms with Gasteiger partial charge in [-0.3, -0.25) is 9.59 Å². The van der Waals surface area contributed by atoms with E-state index in [1.54, 1.807) is 42.9 Å². The largest absolute Gasteiger partial charge is 0.497 e. The Morgan fingerprint density at radius 2 is 1.80 bits per heavy atom. The molecule has 2 aromatic carbocycles. The highest BCUT2D eigenvalue weighted by Crippen LogP contribution is 2.20. The number of thiazole rings is 1. The molecule has 0 aliphatic heterocycles. The molecule has 1 amide bonds. The van der Waals surface area contributed by atoms with Gasteiger partial charge in [0.1, 0.15) is 18.0 Å². The van der Waals surface area contributed by atoms with Crippen LogP contribution in [0.3, 0.4) is 0 Å². The maximum Gasteiger partial charge on any atom is 0.326 e. The summed E-state index contributed by atoms with van der Waals surface area (Å²) in [6.45, 7) is 3.91.